The number of rotatable bonds is 8. The lowest BCUT2D eigenvalue weighted by molar-refractivity contribution is -0.120. The van der Waals surface area contributed by atoms with Crippen LogP contribution in [0.5, 0.6) is 5.75 Å². The lowest BCUT2D eigenvalue weighted by Gasteiger charge is -2.09. The van der Waals surface area contributed by atoms with Gasteiger partial charge in [0.15, 0.2) is 0 Å². The lowest BCUT2D eigenvalue weighted by Crippen LogP contribution is -2.27. The first-order valence-electron chi connectivity index (χ1n) is 7.67. The van der Waals surface area contributed by atoms with E-state index in [0.717, 1.165) is 17.7 Å². The first kappa shape index (κ1) is 18.4. The average Bonchev–Trinajstić information content (AvgIpc) is 2.57. The van der Waals surface area contributed by atoms with Gasteiger partial charge >= 0.3 is 0 Å². The van der Waals surface area contributed by atoms with Crippen LogP contribution in [0.3, 0.4) is 0 Å². The van der Waals surface area contributed by atoms with Crippen LogP contribution >= 0.6 is 23.2 Å². The van der Waals surface area contributed by atoms with E-state index in [0.29, 0.717) is 35.3 Å². The molecule has 0 aliphatic heterocycles. The Bertz CT molecular complexity index is 675. The van der Waals surface area contributed by atoms with Crippen molar-refractivity contribution in [3.05, 3.63) is 58.1 Å². The number of carbonyl (C=O) groups is 1. The second kappa shape index (κ2) is 9.40. The number of benzene rings is 2. The first-order valence-corrected chi connectivity index (χ1v) is 8.42. The van der Waals surface area contributed by atoms with Gasteiger partial charge in [0.2, 0.25) is 5.91 Å². The molecule has 0 saturated carbocycles. The van der Waals surface area contributed by atoms with E-state index in [9.17, 15) is 4.79 Å². The third-order valence-electron chi connectivity index (χ3n) is 3.48. The molecule has 0 aromatic heterocycles. The molecule has 0 bridgehead atoms. The smallest absolute Gasteiger partial charge is 0.221 e. The molecule has 0 aliphatic carbocycles. The van der Waals surface area contributed by atoms with E-state index in [2.05, 4.69) is 10.6 Å². The van der Waals surface area contributed by atoms with E-state index in [1.54, 1.807) is 19.2 Å². The summed E-state index contributed by atoms with van der Waals surface area (Å²) in [5.74, 6) is 0.637. The van der Waals surface area contributed by atoms with Crippen molar-refractivity contribution in [1.29, 1.82) is 0 Å². The highest BCUT2D eigenvalue weighted by Gasteiger charge is 2.04. The van der Waals surface area contributed by atoms with Crippen molar-refractivity contribution in [2.24, 2.45) is 0 Å². The van der Waals surface area contributed by atoms with Gasteiger partial charge in [-0.05, 0) is 42.3 Å². The zero-order valence-electron chi connectivity index (χ0n) is 13.4. The highest BCUT2D eigenvalue weighted by molar-refractivity contribution is 6.32. The molecule has 2 aromatic carbocycles. The SMILES string of the molecule is COc1ccc(NCCC(=O)NCCc2ccc(Cl)cc2)cc1Cl. The van der Waals surface area contributed by atoms with Gasteiger partial charge in [-0.3, -0.25) is 4.79 Å². The molecule has 0 fully saturated rings. The van der Waals surface area contributed by atoms with Crippen molar-refractivity contribution in [2.45, 2.75) is 12.8 Å². The molecule has 0 radical (unpaired) electrons. The minimum Gasteiger partial charge on any atom is -0.495 e. The van der Waals surface area contributed by atoms with E-state index >= 15 is 0 Å². The summed E-state index contributed by atoms with van der Waals surface area (Å²) in [5, 5.41) is 7.32. The van der Waals surface area contributed by atoms with E-state index in [4.69, 9.17) is 27.9 Å². The molecule has 0 unspecified atom stereocenters. The molecule has 0 saturated heterocycles. The first-order chi connectivity index (χ1) is 11.6. The van der Waals surface area contributed by atoms with Gasteiger partial charge in [-0.15, -0.1) is 0 Å². The maximum Gasteiger partial charge on any atom is 0.221 e. The second-order valence-corrected chi connectivity index (χ2v) is 6.10. The number of halogens is 2. The lowest BCUT2D eigenvalue weighted by atomic mass is 10.1. The van der Waals surface area contributed by atoms with Crippen LogP contribution in [0.4, 0.5) is 5.69 Å². The Balaban J connectivity index is 1.66. The Kier molecular flexibility index (Phi) is 7.22. The van der Waals surface area contributed by atoms with Crippen LogP contribution in [0.15, 0.2) is 42.5 Å². The van der Waals surface area contributed by atoms with Crippen LogP contribution in [0.1, 0.15) is 12.0 Å². The Morgan fingerprint density at radius 2 is 1.83 bits per heavy atom. The van der Waals surface area contributed by atoms with Gasteiger partial charge in [0.25, 0.3) is 0 Å². The van der Waals surface area contributed by atoms with Gasteiger partial charge in [0.05, 0.1) is 12.1 Å². The van der Waals surface area contributed by atoms with Gasteiger partial charge in [-0.1, -0.05) is 35.3 Å². The Hall–Kier alpha value is -1.91. The highest BCUT2D eigenvalue weighted by Crippen LogP contribution is 2.27. The van der Waals surface area contributed by atoms with Gasteiger partial charge < -0.3 is 15.4 Å². The summed E-state index contributed by atoms with van der Waals surface area (Å²) in [4.78, 5) is 11.8. The van der Waals surface area contributed by atoms with Crippen LogP contribution in [0.2, 0.25) is 10.0 Å². The fourth-order valence-electron chi connectivity index (χ4n) is 2.18. The number of hydrogen-bond donors (Lipinski definition) is 2. The average molecular weight is 367 g/mol. The standard InChI is InChI=1S/C18H20Cl2N2O2/c1-24-17-7-6-15(12-16(17)20)21-11-9-18(23)22-10-8-13-2-4-14(19)5-3-13/h2-7,12,21H,8-11H2,1H3,(H,22,23). The number of nitrogens with one attached hydrogen (secondary N) is 2. The number of hydrogen-bond acceptors (Lipinski definition) is 3. The zero-order valence-corrected chi connectivity index (χ0v) is 15.0. The van der Waals surface area contributed by atoms with E-state index < -0.39 is 0 Å². The molecule has 128 valence electrons. The Morgan fingerprint density at radius 3 is 2.50 bits per heavy atom. The third kappa shape index (κ3) is 5.95. The Labute approximate surface area is 152 Å². The number of anilines is 1. The summed E-state index contributed by atoms with van der Waals surface area (Å²) in [6, 6.07) is 13.1. The van der Waals surface area contributed by atoms with Crippen LogP contribution in [-0.2, 0) is 11.2 Å². The normalized spacial score (nSPS) is 10.3. The van der Waals surface area contributed by atoms with Crippen molar-refractivity contribution < 1.29 is 9.53 Å². The third-order valence-corrected chi connectivity index (χ3v) is 4.03. The molecule has 2 aromatic rings. The Morgan fingerprint density at radius 1 is 1.08 bits per heavy atom. The van der Waals surface area contributed by atoms with E-state index in [-0.39, 0.29) is 5.91 Å². The molecule has 2 N–H and O–H groups in total. The van der Waals surface area contributed by atoms with E-state index in [1.807, 2.05) is 30.3 Å². The van der Waals surface area contributed by atoms with Gasteiger partial charge in [-0.25, -0.2) is 0 Å². The van der Waals surface area contributed by atoms with Crippen LogP contribution < -0.4 is 15.4 Å². The summed E-state index contributed by atoms with van der Waals surface area (Å²) in [7, 11) is 1.57. The topological polar surface area (TPSA) is 50.4 Å². The second-order valence-electron chi connectivity index (χ2n) is 5.25. The summed E-state index contributed by atoms with van der Waals surface area (Å²) < 4.78 is 5.10. The van der Waals surface area contributed by atoms with E-state index in [1.165, 1.54) is 0 Å². The molecule has 6 heteroatoms. The van der Waals surface area contributed by atoms with Crippen molar-refractivity contribution in [3.63, 3.8) is 0 Å². The predicted molar refractivity (Wildman–Crippen MR) is 99.3 cm³/mol. The molecule has 0 atom stereocenters. The van der Waals surface area contributed by atoms with Crippen molar-refractivity contribution >= 4 is 34.8 Å². The predicted octanol–water partition coefficient (Wildman–Crippen LogP) is 4.16. The molecule has 24 heavy (non-hydrogen) atoms. The minimum absolute atomic E-state index is 0.0103. The van der Waals surface area contributed by atoms with Gasteiger partial charge in [0, 0.05) is 30.2 Å². The molecule has 1 amide bonds. The molecular weight excluding hydrogens is 347 g/mol. The number of carbonyl (C=O) groups excluding carboxylic acids is 1. The molecule has 0 spiro atoms. The highest BCUT2D eigenvalue weighted by atomic mass is 35.5. The molecular formula is C18H20Cl2N2O2. The minimum atomic E-state index is 0.0103. The molecule has 4 nitrogen and oxygen atoms in total. The maximum absolute atomic E-state index is 11.8. The van der Waals surface area contributed by atoms with Crippen molar-refractivity contribution in [2.75, 3.05) is 25.5 Å². The number of ether oxygens (including phenoxy) is 1. The summed E-state index contributed by atoms with van der Waals surface area (Å²) in [6.07, 6.45) is 1.18. The van der Waals surface area contributed by atoms with Crippen LogP contribution in [-0.4, -0.2) is 26.1 Å². The van der Waals surface area contributed by atoms with Crippen LogP contribution in [0, 0.1) is 0 Å². The largest absolute Gasteiger partial charge is 0.495 e. The molecule has 0 heterocycles. The maximum atomic E-state index is 11.8. The number of amides is 1. The van der Waals surface area contributed by atoms with Gasteiger partial charge in [-0.2, -0.15) is 0 Å². The summed E-state index contributed by atoms with van der Waals surface area (Å²) >= 11 is 11.9. The monoisotopic (exact) mass is 366 g/mol. The van der Waals surface area contributed by atoms with Crippen molar-refractivity contribution in [3.8, 4) is 5.75 Å². The summed E-state index contributed by atoms with van der Waals surface area (Å²) in [6.45, 7) is 1.14. The fraction of sp³-hybridized carbons (Fsp3) is 0.278. The molecule has 2 rings (SSSR count). The quantitative estimate of drug-likeness (QED) is 0.737. The van der Waals surface area contributed by atoms with Crippen molar-refractivity contribution in [1.82, 2.24) is 5.32 Å². The van der Waals surface area contributed by atoms with Crippen LogP contribution in [0.25, 0.3) is 0 Å². The summed E-state index contributed by atoms with van der Waals surface area (Å²) in [5.41, 5.74) is 2.00. The zero-order chi connectivity index (χ0) is 17.4. The molecule has 0 aliphatic rings. The number of methoxy groups -OCH3 is 1. The fourth-order valence-corrected chi connectivity index (χ4v) is 2.57. The van der Waals surface area contributed by atoms with Gasteiger partial charge in [0.1, 0.15) is 5.75 Å².